The third-order valence-corrected chi connectivity index (χ3v) is 6.14. The molecule has 0 saturated carbocycles. The number of pyridine rings is 1. The molecule has 0 aliphatic carbocycles. The lowest BCUT2D eigenvalue weighted by atomic mass is 10.1. The Morgan fingerprint density at radius 3 is 2.51 bits per heavy atom. The van der Waals surface area contributed by atoms with Crippen molar-refractivity contribution in [3.63, 3.8) is 0 Å². The van der Waals surface area contributed by atoms with E-state index in [1.807, 2.05) is 30.3 Å². The molecule has 1 heterocycles. The molecule has 11 nitrogen and oxygen atoms in total. The number of carbonyl (C=O) groups is 2. The van der Waals surface area contributed by atoms with E-state index in [2.05, 4.69) is 20.9 Å². The lowest BCUT2D eigenvalue weighted by molar-refractivity contribution is -0.122. The summed E-state index contributed by atoms with van der Waals surface area (Å²) in [6, 6.07) is 16.2. The molecule has 230 valence electrons. The number of hydrogen-bond acceptors (Lipinski definition) is 8. The van der Waals surface area contributed by atoms with Gasteiger partial charge in [0.05, 0.1) is 22.8 Å². The van der Waals surface area contributed by atoms with Crippen LogP contribution in [0, 0.1) is 5.41 Å². The van der Waals surface area contributed by atoms with Crippen molar-refractivity contribution in [2.45, 2.75) is 46.0 Å². The van der Waals surface area contributed by atoms with Gasteiger partial charge in [0.15, 0.2) is 0 Å². The van der Waals surface area contributed by atoms with E-state index >= 15 is 0 Å². The number of benzene rings is 2. The topological polar surface area (TPSA) is 138 Å². The molecule has 0 saturated heterocycles. The average molecular weight is 611 g/mol. The van der Waals surface area contributed by atoms with Crippen molar-refractivity contribution in [2.24, 2.45) is 0 Å². The maximum absolute atomic E-state index is 12.4. The molecule has 0 aliphatic rings. The molecule has 3 rings (SSSR count). The first kappa shape index (κ1) is 33.0. The van der Waals surface area contributed by atoms with Crippen molar-refractivity contribution >= 4 is 40.8 Å². The van der Waals surface area contributed by atoms with Gasteiger partial charge in [-0.2, -0.15) is 0 Å². The zero-order chi connectivity index (χ0) is 31.6. The lowest BCUT2D eigenvalue weighted by Gasteiger charge is -2.24. The number of hydrogen-bond donors (Lipinski definition) is 4. The highest BCUT2D eigenvalue weighted by molar-refractivity contribution is 6.32. The zero-order valence-electron chi connectivity index (χ0n) is 25.3. The molecule has 0 bridgehead atoms. The third kappa shape index (κ3) is 10.4. The first-order valence-electron chi connectivity index (χ1n) is 13.7. The molecule has 3 aromatic rings. The number of halogens is 1. The molecule has 1 atom stereocenters. The SMILES string of the molecule is CNc1cccc(O[C@H](C)CNC(=O)CN(C)C(=O)OC(C)(C)C)c1C(=N)Nc1ccc(OCc2ccccn2)c(Cl)c1. The van der Waals surface area contributed by atoms with Crippen LogP contribution in [0.1, 0.15) is 39.0 Å². The van der Waals surface area contributed by atoms with E-state index in [1.165, 1.54) is 11.9 Å². The van der Waals surface area contributed by atoms with Gasteiger partial charge in [0.1, 0.15) is 42.2 Å². The highest BCUT2D eigenvalue weighted by Gasteiger charge is 2.22. The highest BCUT2D eigenvalue weighted by Crippen LogP contribution is 2.31. The van der Waals surface area contributed by atoms with Crippen molar-refractivity contribution in [1.82, 2.24) is 15.2 Å². The number of nitrogens with zero attached hydrogens (tertiary/aromatic N) is 2. The fourth-order valence-corrected chi connectivity index (χ4v) is 4.06. The number of amides is 2. The number of anilines is 2. The summed E-state index contributed by atoms with van der Waals surface area (Å²) in [4.78, 5) is 30.0. The van der Waals surface area contributed by atoms with Crippen LogP contribution >= 0.6 is 11.6 Å². The van der Waals surface area contributed by atoms with E-state index in [-0.39, 0.29) is 31.4 Å². The minimum atomic E-state index is -0.656. The lowest BCUT2D eigenvalue weighted by Crippen LogP contribution is -2.43. The van der Waals surface area contributed by atoms with Crippen LogP contribution in [-0.4, -0.2) is 66.6 Å². The Hall–Kier alpha value is -4.51. The van der Waals surface area contributed by atoms with Crippen LogP contribution in [0.25, 0.3) is 0 Å². The Kier molecular flexibility index (Phi) is 11.6. The minimum Gasteiger partial charge on any atom is -0.488 e. The van der Waals surface area contributed by atoms with Gasteiger partial charge in [-0.15, -0.1) is 0 Å². The number of nitrogens with one attached hydrogen (secondary N) is 4. The van der Waals surface area contributed by atoms with Crippen LogP contribution < -0.4 is 25.4 Å². The number of amidine groups is 1. The molecule has 43 heavy (non-hydrogen) atoms. The van der Waals surface area contributed by atoms with Crippen molar-refractivity contribution in [2.75, 3.05) is 37.8 Å². The summed E-state index contributed by atoms with van der Waals surface area (Å²) < 4.78 is 17.2. The van der Waals surface area contributed by atoms with Crippen LogP contribution in [0.2, 0.25) is 5.02 Å². The molecule has 2 amide bonds. The second-order valence-corrected chi connectivity index (χ2v) is 11.2. The fraction of sp³-hybridized carbons (Fsp3) is 0.355. The number of carbonyl (C=O) groups excluding carboxylic acids is 2. The minimum absolute atomic E-state index is 0.0772. The van der Waals surface area contributed by atoms with E-state index in [1.54, 1.807) is 65.2 Å². The predicted octanol–water partition coefficient (Wildman–Crippen LogP) is 5.54. The molecular weight excluding hydrogens is 572 g/mol. The van der Waals surface area contributed by atoms with E-state index in [0.717, 1.165) is 5.69 Å². The Balaban J connectivity index is 1.61. The molecular formula is C31H39ClN6O5. The Bertz CT molecular complexity index is 1410. The molecule has 0 fully saturated rings. The maximum Gasteiger partial charge on any atom is 0.410 e. The standard InChI is InChI=1S/C31H39ClN6O5/c1-20(17-36-27(39)18-38(6)30(40)43-31(2,3)4)42-26-12-9-11-24(34-5)28(26)29(33)37-21-13-14-25(23(32)16-21)41-19-22-10-7-8-15-35-22/h7-16,20,34H,17-19H2,1-6H3,(H2,33,37)(H,36,39)/t20-/m1/s1. The Morgan fingerprint density at radius 2 is 1.86 bits per heavy atom. The van der Waals surface area contributed by atoms with E-state index in [9.17, 15) is 9.59 Å². The maximum atomic E-state index is 12.4. The fourth-order valence-electron chi connectivity index (χ4n) is 3.82. The number of aromatic nitrogens is 1. The first-order valence-corrected chi connectivity index (χ1v) is 14.1. The number of rotatable bonds is 12. The van der Waals surface area contributed by atoms with E-state index < -0.39 is 17.8 Å². The summed E-state index contributed by atoms with van der Waals surface area (Å²) in [5.41, 5.74) is 1.88. The van der Waals surface area contributed by atoms with Crippen LogP contribution in [0.3, 0.4) is 0 Å². The van der Waals surface area contributed by atoms with Gasteiger partial charge in [-0.25, -0.2) is 4.79 Å². The predicted molar refractivity (Wildman–Crippen MR) is 168 cm³/mol. The second-order valence-electron chi connectivity index (χ2n) is 10.8. The Labute approximate surface area is 257 Å². The summed E-state index contributed by atoms with van der Waals surface area (Å²) in [6.07, 6.45) is 0.670. The van der Waals surface area contributed by atoms with Gasteiger partial charge in [-0.3, -0.25) is 15.2 Å². The van der Waals surface area contributed by atoms with Gasteiger partial charge in [-0.05, 0) is 70.2 Å². The first-order chi connectivity index (χ1) is 20.4. The Morgan fingerprint density at radius 1 is 1.09 bits per heavy atom. The normalized spacial score (nSPS) is 11.6. The third-order valence-electron chi connectivity index (χ3n) is 5.85. The van der Waals surface area contributed by atoms with Crippen molar-refractivity contribution < 1.29 is 23.8 Å². The second kappa shape index (κ2) is 15.1. The smallest absolute Gasteiger partial charge is 0.410 e. The van der Waals surface area contributed by atoms with Crippen LogP contribution in [0.5, 0.6) is 11.5 Å². The van der Waals surface area contributed by atoms with Crippen molar-refractivity contribution in [3.8, 4) is 11.5 Å². The van der Waals surface area contributed by atoms with Crippen LogP contribution in [0.4, 0.5) is 16.2 Å². The summed E-state index contributed by atoms with van der Waals surface area (Å²) in [6.45, 7) is 7.38. The van der Waals surface area contributed by atoms with Gasteiger partial charge < -0.3 is 35.1 Å². The summed E-state index contributed by atoms with van der Waals surface area (Å²) in [5, 5.41) is 18.2. The van der Waals surface area contributed by atoms with Crippen LogP contribution in [-0.2, 0) is 16.1 Å². The van der Waals surface area contributed by atoms with Gasteiger partial charge in [0.2, 0.25) is 5.91 Å². The largest absolute Gasteiger partial charge is 0.488 e. The summed E-state index contributed by atoms with van der Waals surface area (Å²) in [5.74, 6) is 0.663. The summed E-state index contributed by atoms with van der Waals surface area (Å²) in [7, 11) is 3.25. The van der Waals surface area contributed by atoms with Gasteiger partial charge in [0, 0.05) is 31.7 Å². The quantitative estimate of drug-likeness (QED) is 0.155. The number of likely N-dealkylation sites (N-methyl/N-ethyl adjacent to an activating group) is 1. The molecule has 0 aliphatic heterocycles. The molecule has 1 aromatic heterocycles. The highest BCUT2D eigenvalue weighted by atomic mass is 35.5. The summed E-state index contributed by atoms with van der Waals surface area (Å²) >= 11 is 6.46. The number of ether oxygens (including phenoxy) is 3. The van der Waals surface area contributed by atoms with Gasteiger partial charge in [0.25, 0.3) is 0 Å². The van der Waals surface area contributed by atoms with Gasteiger partial charge >= 0.3 is 6.09 Å². The van der Waals surface area contributed by atoms with E-state index in [4.69, 9.17) is 31.2 Å². The van der Waals surface area contributed by atoms with Crippen molar-refractivity contribution in [1.29, 1.82) is 5.41 Å². The molecule has 0 radical (unpaired) electrons. The monoisotopic (exact) mass is 610 g/mol. The van der Waals surface area contributed by atoms with Crippen LogP contribution in [0.15, 0.2) is 60.8 Å². The van der Waals surface area contributed by atoms with E-state index in [0.29, 0.717) is 33.5 Å². The molecule has 0 unspecified atom stereocenters. The molecule has 0 spiro atoms. The average Bonchev–Trinajstić information content (AvgIpc) is 2.95. The molecule has 2 aromatic carbocycles. The zero-order valence-corrected chi connectivity index (χ0v) is 26.0. The van der Waals surface area contributed by atoms with Gasteiger partial charge in [-0.1, -0.05) is 23.7 Å². The molecule has 4 N–H and O–H groups in total. The van der Waals surface area contributed by atoms with Crippen molar-refractivity contribution in [3.05, 3.63) is 77.1 Å². The molecule has 12 heteroatoms.